The quantitative estimate of drug-likeness (QED) is 0.476. The molecule has 2 aliphatic rings. The standard InChI is InChI=1S/C6H10O4/c7-5(3-1-9-3)6(8)4-2-10-4/h3-8H,1-2H2/t3-,4+,5+,6?/m1/s1. The Balaban J connectivity index is 1.83. The number of ether oxygens (including phenoxy) is 2. The van der Waals surface area contributed by atoms with Gasteiger partial charge in [0.05, 0.1) is 13.2 Å². The molecule has 2 fully saturated rings. The molecular formula is C6H10O4. The largest absolute Gasteiger partial charge is 0.388 e. The molecule has 0 amide bonds. The van der Waals surface area contributed by atoms with Gasteiger partial charge in [-0.1, -0.05) is 0 Å². The van der Waals surface area contributed by atoms with Crippen molar-refractivity contribution in [3.63, 3.8) is 0 Å². The molecule has 2 aliphatic heterocycles. The van der Waals surface area contributed by atoms with Crippen molar-refractivity contribution >= 4 is 0 Å². The van der Waals surface area contributed by atoms with Crippen molar-refractivity contribution in [2.75, 3.05) is 13.2 Å². The summed E-state index contributed by atoms with van der Waals surface area (Å²) in [5, 5.41) is 18.4. The van der Waals surface area contributed by atoms with Gasteiger partial charge < -0.3 is 19.7 Å². The average Bonchev–Trinajstić information content (AvgIpc) is 2.73. The molecule has 0 bridgehead atoms. The van der Waals surface area contributed by atoms with E-state index in [4.69, 9.17) is 9.47 Å². The van der Waals surface area contributed by atoms with Crippen molar-refractivity contribution in [1.29, 1.82) is 0 Å². The average molecular weight is 146 g/mol. The Labute approximate surface area is 58.4 Å². The molecule has 10 heavy (non-hydrogen) atoms. The predicted octanol–water partition coefficient (Wildman–Crippen LogP) is -1.49. The highest BCUT2D eigenvalue weighted by atomic mass is 16.6. The predicted molar refractivity (Wildman–Crippen MR) is 31.5 cm³/mol. The highest BCUT2D eigenvalue weighted by Gasteiger charge is 2.43. The first kappa shape index (κ1) is 6.54. The molecule has 4 nitrogen and oxygen atoms in total. The summed E-state index contributed by atoms with van der Waals surface area (Å²) in [7, 11) is 0. The maximum atomic E-state index is 9.21. The van der Waals surface area contributed by atoms with Crippen molar-refractivity contribution < 1.29 is 19.7 Å². The first-order valence-corrected chi connectivity index (χ1v) is 3.38. The number of aliphatic hydroxyl groups excluding tert-OH is 2. The molecule has 4 heteroatoms. The third-order valence-corrected chi connectivity index (χ3v) is 1.83. The van der Waals surface area contributed by atoms with Crippen LogP contribution in [0.2, 0.25) is 0 Å². The van der Waals surface area contributed by atoms with Crippen LogP contribution in [0.3, 0.4) is 0 Å². The molecule has 4 atom stereocenters. The molecule has 0 saturated carbocycles. The van der Waals surface area contributed by atoms with Gasteiger partial charge in [-0.05, 0) is 0 Å². The van der Waals surface area contributed by atoms with Gasteiger partial charge in [0.2, 0.25) is 0 Å². The summed E-state index contributed by atoms with van der Waals surface area (Å²) >= 11 is 0. The maximum absolute atomic E-state index is 9.21. The zero-order valence-corrected chi connectivity index (χ0v) is 5.43. The van der Waals surface area contributed by atoms with E-state index >= 15 is 0 Å². The lowest BCUT2D eigenvalue weighted by atomic mass is 10.1. The second-order valence-electron chi connectivity index (χ2n) is 2.72. The molecule has 2 rings (SSSR count). The number of hydrogen-bond acceptors (Lipinski definition) is 4. The Morgan fingerprint density at radius 2 is 1.30 bits per heavy atom. The van der Waals surface area contributed by atoms with Crippen LogP contribution in [-0.2, 0) is 9.47 Å². The van der Waals surface area contributed by atoms with E-state index in [-0.39, 0.29) is 12.2 Å². The van der Waals surface area contributed by atoms with Crippen molar-refractivity contribution in [1.82, 2.24) is 0 Å². The molecule has 0 aromatic carbocycles. The van der Waals surface area contributed by atoms with Gasteiger partial charge in [-0.2, -0.15) is 0 Å². The van der Waals surface area contributed by atoms with E-state index in [1.807, 2.05) is 0 Å². The molecule has 1 unspecified atom stereocenters. The molecule has 58 valence electrons. The molecule has 2 N–H and O–H groups in total. The Kier molecular flexibility index (Phi) is 1.42. The lowest BCUT2D eigenvalue weighted by Gasteiger charge is -2.12. The van der Waals surface area contributed by atoms with Crippen molar-refractivity contribution in [2.24, 2.45) is 0 Å². The minimum Gasteiger partial charge on any atom is -0.388 e. The zero-order valence-electron chi connectivity index (χ0n) is 5.43. The molecule has 0 aromatic rings. The van der Waals surface area contributed by atoms with Gasteiger partial charge in [0.25, 0.3) is 0 Å². The van der Waals surface area contributed by atoms with Crippen LogP contribution in [0.5, 0.6) is 0 Å². The van der Waals surface area contributed by atoms with E-state index in [9.17, 15) is 10.2 Å². The summed E-state index contributed by atoms with van der Waals surface area (Å²) in [6, 6.07) is 0. The number of hydrogen-bond donors (Lipinski definition) is 2. The van der Waals surface area contributed by atoms with Gasteiger partial charge in [0.1, 0.15) is 24.4 Å². The first-order chi connectivity index (χ1) is 4.79. The molecule has 0 aliphatic carbocycles. The second kappa shape index (κ2) is 2.17. The van der Waals surface area contributed by atoms with Crippen LogP contribution in [0.4, 0.5) is 0 Å². The molecule has 2 saturated heterocycles. The summed E-state index contributed by atoms with van der Waals surface area (Å²) < 4.78 is 9.61. The smallest absolute Gasteiger partial charge is 0.111 e. The van der Waals surface area contributed by atoms with E-state index in [0.29, 0.717) is 13.2 Å². The summed E-state index contributed by atoms with van der Waals surface area (Å²) in [4.78, 5) is 0. The monoisotopic (exact) mass is 146 g/mol. The van der Waals surface area contributed by atoms with E-state index in [1.165, 1.54) is 0 Å². The van der Waals surface area contributed by atoms with Crippen molar-refractivity contribution in [3.05, 3.63) is 0 Å². The lowest BCUT2D eigenvalue weighted by Crippen LogP contribution is -2.35. The van der Waals surface area contributed by atoms with Crippen LogP contribution >= 0.6 is 0 Å². The van der Waals surface area contributed by atoms with Crippen LogP contribution in [-0.4, -0.2) is 47.8 Å². The second-order valence-corrected chi connectivity index (χ2v) is 2.72. The zero-order chi connectivity index (χ0) is 7.14. The fourth-order valence-corrected chi connectivity index (χ4v) is 0.945. The minimum atomic E-state index is -0.757. The van der Waals surface area contributed by atoms with E-state index in [0.717, 1.165) is 0 Å². The maximum Gasteiger partial charge on any atom is 0.111 e. The highest BCUT2D eigenvalue weighted by Crippen LogP contribution is 2.23. The highest BCUT2D eigenvalue weighted by molar-refractivity contribution is 4.91. The van der Waals surface area contributed by atoms with Gasteiger partial charge in [-0.25, -0.2) is 0 Å². The molecular weight excluding hydrogens is 136 g/mol. The van der Waals surface area contributed by atoms with Crippen LogP contribution < -0.4 is 0 Å². The summed E-state index contributed by atoms with van der Waals surface area (Å²) in [5.41, 5.74) is 0. The first-order valence-electron chi connectivity index (χ1n) is 3.38. The fraction of sp³-hybridized carbons (Fsp3) is 1.00. The van der Waals surface area contributed by atoms with Gasteiger partial charge in [0, 0.05) is 0 Å². The number of rotatable bonds is 3. The van der Waals surface area contributed by atoms with E-state index in [1.54, 1.807) is 0 Å². The minimum absolute atomic E-state index is 0.154. The van der Waals surface area contributed by atoms with E-state index in [2.05, 4.69) is 0 Å². The summed E-state index contributed by atoms with van der Waals surface area (Å²) in [5.74, 6) is 0. The topological polar surface area (TPSA) is 65.5 Å². The number of epoxide rings is 2. The third-order valence-electron chi connectivity index (χ3n) is 1.83. The number of aliphatic hydroxyl groups is 2. The van der Waals surface area contributed by atoms with Gasteiger partial charge in [-0.3, -0.25) is 0 Å². The molecule has 0 aromatic heterocycles. The van der Waals surface area contributed by atoms with Crippen molar-refractivity contribution in [2.45, 2.75) is 24.4 Å². The van der Waals surface area contributed by atoms with Crippen LogP contribution in [0, 0.1) is 0 Å². The van der Waals surface area contributed by atoms with Crippen LogP contribution in [0.25, 0.3) is 0 Å². The molecule has 2 heterocycles. The third kappa shape index (κ3) is 1.15. The van der Waals surface area contributed by atoms with Crippen molar-refractivity contribution in [3.8, 4) is 0 Å². The Bertz CT molecular complexity index is 114. The summed E-state index contributed by atoms with van der Waals surface area (Å²) in [6.45, 7) is 1.12. The normalized spacial score (nSPS) is 42.6. The van der Waals surface area contributed by atoms with Gasteiger partial charge >= 0.3 is 0 Å². The SMILES string of the molecule is OC([C@@H]1CO1)[C@@H](O)[C@H]1CO1. The Hall–Kier alpha value is -0.160. The lowest BCUT2D eigenvalue weighted by molar-refractivity contribution is -0.0116. The van der Waals surface area contributed by atoms with Crippen LogP contribution in [0.15, 0.2) is 0 Å². The Morgan fingerprint density at radius 3 is 1.50 bits per heavy atom. The van der Waals surface area contributed by atoms with Crippen LogP contribution in [0.1, 0.15) is 0 Å². The molecule has 0 radical (unpaired) electrons. The summed E-state index contributed by atoms with van der Waals surface area (Å²) in [6.07, 6.45) is -1.82. The van der Waals surface area contributed by atoms with E-state index < -0.39 is 12.2 Å². The fourth-order valence-electron chi connectivity index (χ4n) is 0.945. The van der Waals surface area contributed by atoms with Gasteiger partial charge in [-0.15, -0.1) is 0 Å². The van der Waals surface area contributed by atoms with Gasteiger partial charge in [0.15, 0.2) is 0 Å². The Morgan fingerprint density at radius 1 is 1.00 bits per heavy atom. The molecule has 0 spiro atoms.